The lowest BCUT2D eigenvalue weighted by Gasteiger charge is -2.48. The Bertz CT molecular complexity index is 1910. The van der Waals surface area contributed by atoms with Gasteiger partial charge in [0.2, 0.25) is 5.91 Å². The molecule has 95 heavy (non-hydrogen) atoms. The summed E-state index contributed by atoms with van der Waals surface area (Å²) in [5.41, 5.74) is 0. The lowest BCUT2D eigenvalue weighted by atomic mass is 9.96. The minimum absolute atomic E-state index is 0.246. The normalized spacial score (nSPS) is 27.4. The van der Waals surface area contributed by atoms with Crippen LogP contribution in [0.2, 0.25) is 0 Å². The number of allylic oxidation sites excluding steroid dienone is 7. The van der Waals surface area contributed by atoms with Crippen LogP contribution in [0.3, 0.4) is 0 Å². The van der Waals surface area contributed by atoms with Gasteiger partial charge in [-0.2, -0.15) is 0 Å². The first-order valence-electron chi connectivity index (χ1n) is 38.4. The van der Waals surface area contributed by atoms with Crippen molar-refractivity contribution in [3.05, 3.63) is 48.6 Å². The molecule has 3 heterocycles. The fourth-order valence-corrected chi connectivity index (χ4v) is 12.9. The SMILES string of the molecule is CCCCCCC/C=C\C/C=C\C/C=C\CCCCCCCCCCCCCCCCCCCCCCCCCCC(=O)NC(COC1OC(CO)C(OC2OC(CO)C(OC3OC(CO)C(O)C(O)C3O)C(O)C2O)C(O)C1O)C(O)/C=C/CCCCCCCCCCC. The van der Waals surface area contributed by atoms with Gasteiger partial charge in [0.25, 0.3) is 0 Å². The maximum Gasteiger partial charge on any atom is 0.220 e. The first-order valence-corrected chi connectivity index (χ1v) is 38.4. The molecule has 19 nitrogen and oxygen atoms in total. The van der Waals surface area contributed by atoms with E-state index in [0.717, 1.165) is 57.8 Å². The highest BCUT2D eigenvalue weighted by molar-refractivity contribution is 5.76. The quantitative estimate of drug-likeness (QED) is 0.0199. The lowest BCUT2D eigenvalue weighted by Crippen LogP contribution is -2.66. The van der Waals surface area contributed by atoms with Gasteiger partial charge >= 0.3 is 0 Å². The first kappa shape index (κ1) is 87.0. The van der Waals surface area contributed by atoms with E-state index in [0.29, 0.717) is 6.42 Å². The molecule has 12 N–H and O–H groups in total. The molecule has 0 aliphatic carbocycles. The van der Waals surface area contributed by atoms with Gasteiger partial charge < -0.3 is 89.9 Å². The molecule has 0 saturated carbocycles. The van der Waals surface area contributed by atoms with Gasteiger partial charge in [-0.15, -0.1) is 0 Å². The average molecular weight is 1350 g/mol. The van der Waals surface area contributed by atoms with E-state index in [1.165, 1.54) is 212 Å². The van der Waals surface area contributed by atoms with E-state index in [-0.39, 0.29) is 18.9 Å². The second-order valence-electron chi connectivity index (χ2n) is 27.5. The standard InChI is InChI=1S/C76H139NO18/c1-3-5-7-9-11-13-15-16-17-18-19-20-21-22-23-24-25-26-27-28-29-30-31-32-33-34-35-36-37-38-39-40-41-42-44-46-48-50-52-54-64(82)77-59(60(81)53-51-49-47-45-43-14-12-10-8-6-4-2)58-90-74-70(88)67(85)72(62(56-79)92-74)95-76-71(89)68(86)73(63(57-80)93-76)94-75-69(87)66(84)65(83)61(55-78)91-75/h15-16,18-19,21-22,51,53,59-63,65-76,78-81,83-89H,3-14,17,20,23-50,52,54-58H2,1-2H3,(H,77,82)/b16-15-,19-18-,22-21-,53-51+. The van der Waals surface area contributed by atoms with Gasteiger partial charge in [-0.3, -0.25) is 4.79 Å². The molecular weight excluding hydrogens is 1210 g/mol. The molecule has 0 aromatic heterocycles. The van der Waals surface area contributed by atoms with Crippen molar-refractivity contribution in [3.8, 4) is 0 Å². The van der Waals surface area contributed by atoms with E-state index in [1.807, 2.05) is 6.08 Å². The van der Waals surface area contributed by atoms with E-state index in [2.05, 4.69) is 55.6 Å². The zero-order valence-electron chi connectivity index (χ0n) is 59.2. The van der Waals surface area contributed by atoms with Crippen LogP contribution < -0.4 is 5.32 Å². The maximum absolute atomic E-state index is 13.4. The van der Waals surface area contributed by atoms with Crippen LogP contribution in [0.25, 0.3) is 0 Å². The Hall–Kier alpha value is -2.25. The van der Waals surface area contributed by atoms with E-state index < -0.39 is 124 Å². The molecular formula is C76H139NO18. The number of nitrogens with one attached hydrogen (secondary N) is 1. The number of carbonyl (C=O) groups is 1. The first-order chi connectivity index (χ1) is 46.3. The van der Waals surface area contributed by atoms with Gasteiger partial charge in [0.05, 0.1) is 38.6 Å². The van der Waals surface area contributed by atoms with E-state index >= 15 is 0 Å². The zero-order chi connectivity index (χ0) is 68.9. The summed E-state index contributed by atoms with van der Waals surface area (Å²) in [6.45, 7) is 1.72. The van der Waals surface area contributed by atoms with Crippen molar-refractivity contribution in [1.29, 1.82) is 0 Å². The number of rotatable bonds is 60. The number of aliphatic hydroxyl groups excluding tert-OH is 11. The molecule has 0 aromatic carbocycles. The summed E-state index contributed by atoms with van der Waals surface area (Å²) >= 11 is 0. The monoisotopic (exact) mass is 1350 g/mol. The number of ether oxygens (including phenoxy) is 6. The Balaban J connectivity index is 1.27. The Labute approximate surface area is 573 Å². The molecule has 3 aliphatic rings. The fourth-order valence-electron chi connectivity index (χ4n) is 12.9. The Morgan fingerprint density at radius 1 is 0.379 bits per heavy atom. The highest BCUT2D eigenvalue weighted by Crippen LogP contribution is 2.33. The predicted octanol–water partition coefficient (Wildman–Crippen LogP) is 11.7. The van der Waals surface area contributed by atoms with Crippen molar-refractivity contribution < 1.29 is 89.4 Å². The molecule has 1 amide bonds. The summed E-state index contributed by atoms with van der Waals surface area (Å²) in [6.07, 6.45) is 44.3. The molecule has 0 bridgehead atoms. The van der Waals surface area contributed by atoms with Crippen LogP contribution in [0.15, 0.2) is 48.6 Å². The summed E-state index contributed by atoms with van der Waals surface area (Å²) < 4.78 is 34.3. The zero-order valence-corrected chi connectivity index (χ0v) is 59.2. The Morgan fingerprint density at radius 3 is 1.08 bits per heavy atom. The molecule has 3 saturated heterocycles. The number of hydrogen-bond acceptors (Lipinski definition) is 18. The van der Waals surface area contributed by atoms with Crippen LogP contribution in [0, 0.1) is 0 Å². The molecule has 0 aromatic rings. The highest BCUT2D eigenvalue weighted by Gasteiger charge is 2.53. The third kappa shape index (κ3) is 38.4. The van der Waals surface area contributed by atoms with Gasteiger partial charge in [-0.25, -0.2) is 0 Å². The smallest absolute Gasteiger partial charge is 0.220 e. The third-order valence-electron chi connectivity index (χ3n) is 19.1. The second-order valence-corrected chi connectivity index (χ2v) is 27.5. The summed E-state index contributed by atoms with van der Waals surface area (Å²) in [6, 6.07) is -0.970. The number of hydrogen-bond donors (Lipinski definition) is 12. The van der Waals surface area contributed by atoms with Gasteiger partial charge in [0.15, 0.2) is 18.9 Å². The van der Waals surface area contributed by atoms with E-state index in [9.17, 15) is 61.0 Å². The van der Waals surface area contributed by atoms with Crippen LogP contribution in [-0.4, -0.2) is 193 Å². The topological polar surface area (TPSA) is 307 Å². The van der Waals surface area contributed by atoms with Crippen LogP contribution in [0.5, 0.6) is 0 Å². The van der Waals surface area contributed by atoms with E-state index in [1.54, 1.807) is 6.08 Å². The Morgan fingerprint density at radius 2 is 0.695 bits per heavy atom. The highest BCUT2D eigenvalue weighted by atomic mass is 16.8. The third-order valence-corrected chi connectivity index (χ3v) is 19.1. The average Bonchev–Trinajstić information content (AvgIpc) is 0.787. The van der Waals surface area contributed by atoms with Crippen molar-refractivity contribution >= 4 is 5.91 Å². The molecule has 3 aliphatic heterocycles. The summed E-state index contributed by atoms with van der Waals surface area (Å²) in [4.78, 5) is 13.4. The van der Waals surface area contributed by atoms with Gasteiger partial charge in [-0.05, 0) is 57.8 Å². The van der Waals surface area contributed by atoms with Crippen LogP contribution in [0.1, 0.15) is 296 Å². The molecule has 19 heteroatoms. The van der Waals surface area contributed by atoms with Crippen molar-refractivity contribution in [3.63, 3.8) is 0 Å². The molecule has 3 rings (SSSR count). The fraction of sp³-hybridized carbons (Fsp3) is 0.882. The molecule has 0 radical (unpaired) electrons. The Kier molecular flexibility index (Phi) is 52.5. The molecule has 3 fully saturated rings. The van der Waals surface area contributed by atoms with Crippen molar-refractivity contribution in [2.24, 2.45) is 0 Å². The van der Waals surface area contributed by atoms with Gasteiger partial charge in [0, 0.05) is 6.42 Å². The van der Waals surface area contributed by atoms with Crippen molar-refractivity contribution in [2.75, 3.05) is 26.4 Å². The van der Waals surface area contributed by atoms with Crippen molar-refractivity contribution in [1.82, 2.24) is 5.32 Å². The number of amides is 1. The maximum atomic E-state index is 13.4. The molecule has 556 valence electrons. The lowest BCUT2D eigenvalue weighted by molar-refractivity contribution is -0.379. The van der Waals surface area contributed by atoms with Crippen LogP contribution in [-0.2, 0) is 33.2 Å². The van der Waals surface area contributed by atoms with Gasteiger partial charge in [0.1, 0.15) is 73.2 Å². The van der Waals surface area contributed by atoms with Gasteiger partial charge in [-0.1, -0.05) is 281 Å². The summed E-state index contributed by atoms with van der Waals surface area (Å²) in [5, 5.41) is 120. The summed E-state index contributed by atoms with van der Waals surface area (Å²) in [5.74, 6) is -0.273. The minimum Gasteiger partial charge on any atom is -0.394 e. The summed E-state index contributed by atoms with van der Waals surface area (Å²) in [7, 11) is 0. The minimum atomic E-state index is -1.98. The molecule has 0 spiro atoms. The van der Waals surface area contributed by atoms with Crippen molar-refractivity contribution in [2.45, 2.75) is 401 Å². The largest absolute Gasteiger partial charge is 0.394 e. The molecule has 17 unspecified atom stereocenters. The second kappa shape index (κ2) is 57.4. The molecule has 17 atom stereocenters. The van der Waals surface area contributed by atoms with E-state index in [4.69, 9.17) is 28.4 Å². The predicted molar refractivity (Wildman–Crippen MR) is 374 cm³/mol. The van der Waals surface area contributed by atoms with Crippen LogP contribution in [0.4, 0.5) is 0 Å². The number of carbonyl (C=O) groups excluding carboxylic acids is 1. The van der Waals surface area contributed by atoms with Crippen LogP contribution >= 0.6 is 0 Å². The number of aliphatic hydroxyl groups is 11. The number of unbranched alkanes of at least 4 members (excludes halogenated alkanes) is 38.